The second-order valence-electron chi connectivity index (χ2n) is 4.48. The van der Waals surface area contributed by atoms with Gasteiger partial charge in [0.05, 0.1) is 18.8 Å². The molecule has 0 aromatic heterocycles. The van der Waals surface area contributed by atoms with Crippen molar-refractivity contribution in [2.75, 3.05) is 19.8 Å². The fraction of sp³-hybridized carbons (Fsp3) is 1.00. The second kappa shape index (κ2) is 5.69. The highest BCUT2D eigenvalue weighted by atomic mass is 16.5. The molecule has 0 radical (unpaired) electrons. The van der Waals surface area contributed by atoms with Gasteiger partial charge in [0, 0.05) is 12.6 Å². The van der Waals surface area contributed by atoms with Crippen LogP contribution in [0.5, 0.6) is 0 Å². The summed E-state index contributed by atoms with van der Waals surface area (Å²) in [5.74, 6) is 0. The Morgan fingerprint density at radius 1 is 1.43 bits per heavy atom. The molecule has 0 bridgehead atoms. The van der Waals surface area contributed by atoms with E-state index in [1.165, 1.54) is 25.7 Å². The summed E-state index contributed by atoms with van der Waals surface area (Å²) in [6, 6.07) is 0.576. The molecule has 1 rings (SSSR count). The maximum atomic E-state index is 9.33. The molecule has 0 aromatic rings. The van der Waals surface area contributed by atoms with Crippen LogP contribution in [-0.4, -0.2) is 36.5 Å². The van der Waals surface area contributed by atoms with E-state index in [4.69, 9.17) is 4.74 Å². The molecule has 1 unspecified atom stereocenters. The molecule has 0 amide bonds. The number of rotatable bonds is 6. The zero-order valence-electron chi connectivity index (χ0n) is 9.38. The van der Waals surface area contributed by atoms with Crippen molar-refractivity contribution in [2.45, 2.75) is 51.1 Å². The van der Waals surface area contributed by atoms with E-state index in [1.807, 2.05) is 13.8 Å². The minimum atomic E-state index is -0.259. The first-order chi connectivity index (χ1) is 6.70. The SMILES string of the molecule is CCOCC(C)(CO)NC1CCCC1. The summed E-state index contributed by atoms with van der Waals surface area (Å²) in [5.41, 5.74) is -0.259. The van der Waals surface area contributed by atoms with E-state index in [9.17, 15) is 5.11 Å². The third-order valence-electron chi connectivity index (χ3n) is 2.88. The molecule has 2 N–H and O–H groups in total. The van der Waals surface area contributed by atoms with E-state index >= 15 is 0 Å². The lowest BCUT2D eigenvalue weighted by atomic mass is 10.0. The van der Waals surface area contributed by atoms with Crippen LogP contribution in [0.4, 0.5) is 0 Å². The first kappa shape index (κ1) is 12.0. The van der Waals surface area contributed by atoms with Gasteiger partial charge in [-0.3, -0.25) is 0 Å². The standard InChI is InChI=1S/C11H23NO2/c1-3-14-9-11(2,8-13)12-10-6-4-5-7-10/h10,12-13H,3-9H2,1-2H3. The van der Waals surface area contributed by atoms with Crippen LogP contribution in [0.1, 0.15) is 39.5 Å². The third-order valence-corrected chi connectivity index (χ3v) is 2.88. The average molecular weight is 201 g/mol. The van der Waals surface area contributed by atoms with Crippen molar-refractivity contribution in [2.24, 2.45) is 0 Å². The molecule has 1 aliphatic carbocycles. The molecule has 0 spiro atoms. The Hall–Kier alpha value is -0.120. The number of aliphatic hydroxyl groups excluding tert-OH is 1. The van der Waals surface area contributed by atoms with Gasteiger partial charge in [-0.2, -0.15) is 0 Å². The van der Waals surface area contributed by atoms with Crippen LogP contribution < -0.4 is 5.32 Å². The van der Waals surface area contributed by atoms with Crippen molar-refractivity contribution in [1.82, 2.24) is 5.32 Å². The summed E-state index contributed by atoms with van der Waals surface area (Å²) in [5, 5.41) is 12.8. The maximum absolute atomic E-state index is 9.33. The molecule has 3 nitrogen and oxygen atoms in total. The quantitative estimate of drug-likeness (QED) is 0.681. The van der Waals surface area contributed by atoms with Gasteiger partial charge in [-0.25, -0.2) is 0 Å². The van der Waals surface area contributed by atoms with E-state index in [-0.39, 0.29) is 12.1 Å². The Morgan fingerprint density at radius 2 is 2.07 bits per heavy atom. The largest absolute Gasteiger partial charge is 0.394 e. The van der Waals surface area contributed by atoms with Crippen LogP contribution in [0, 0.1) is 0 Å². The van der Waals surface area contributed by atoms with Crippen molar-refractivity contribution >= 4 is 0 Å². The predicted octanol–water partition coefficient (Wildman–Crippen LogP) is 1.31. The molecule has 3 heteroatoms. The van der Waals surface area contributed by atoms with Crippen LogP contribution in [-0.2, 0) is 4.74 Å². The molecule has 0 heterocycles. The normalized spacial score (nSPS) is 22.5. The Labute approximate surface area is 86.8 Å². The predicted molar refractivity (Wildman–Crippen MR) is 57.4 cm³/mol. The summed E-state index contributed by atoms with van der Waals surface area (Å²) in [4.78, 5) is 0. The first-order valence-corrected chi connectivity index (χ1v) is 5.66. The fourth-order valence-electron chi connectivity index (χ4n) is 2.02. The molecule has 14 heavy (non-hydrogen) atoms. The van der Waals surface area contributed by atoms with Gasteiger partial charge >= 0.3 is 0 Å². The third kappa shape index (κ3) is 3.56. The zero-order valence-corrected chi connectivity index (χ0v) is 9.38. The van der Waals surface area contributed by atoms with Crippen LogP contribution in [0.3, 0.4) is 0 Å². The molecular weight excluding hydrogens is 178 g/mol. The van der Waals surface area contributed by atoms with Gasteiger partial charge in [0.15, 0.2) is 0 Å². The number of ether oxygens (including phenoxy) is 1. The maximum Gasteiger partial charge on any atom is 0.0668 e. The Bertz CT molecular complexity index is 157. The van der Waals surface area contributed by atoms with E-state index in [0.717, 1.165) is 0 Å². The highest BCUT2D eigenvalue weighted by molar-refractivity contribution is 4.88. The summed E-state index contributed by atoms with van der Waals surface area (Å²) >= 11 is 0. The summed E-state index contributed by atoms with van der Waals surface area (Å²) in [7, 11) is 0. The minimum absolute atomic E-state index is 0.142. The van der Waals surface area contributed by atoms with Gasteiger partial charge in [-0.05, 0) is 26.7 Å². The van der Waals surface area contributed by atoms with Gasteiger partial charge in [0.1, 0.15) is 0 Å². The lowest BCUT2D eigenvalue weighted by Gasteiger charge is -2.31. The molecule has 1 aliphatic rings. The molecule has 1 atom stereocenters. The van der Waals surface area contributed by atoms with Crippen LogP contribution in [0.15, 0.2) is 0 Å². The van der Waals surface area contributed by atoms with E-state index in [2.05, 4.69) is 5.32 Å². The van der Waals surface area contributed by atoms with E-state index in [0.29, 0.717) is 19.3 Å². The number of aliphatic hydroxyl groups is 1. The van der Waals surface area contributed by atoms with Gasteiger partial charge < -0.3 is 15.2 Å². The van der Waals surface area contributed by atoms with Crippen LogP contribution in [0.25, 0.3) is 0 Å². The monoisotopic (exact) mass is 201 g/mol. The molecule has 1 fully saturated rings. The highest BCUT2D eigenvalue weighted by Crippen LogP contribution is 2.20. The smallest absolute Gasteiger partial charge is 0.0668 e. The summed E-state index contributed by atoms with van der Waals surface area (Å²) < 4.78 is 5.38. The van der Waals surface area contributed by atoms with Crippen LogP contribution >= 0.6 is 0 Å². The lowest BCUT2D eigenvalue weighted by Crippen LogP contribution is -2.53. The van der Waals surface area contributed by atoms with Crippen molar-refractivity contribution in [3.63, 3.8) is 0 Å². The summed E-state index contributed by atoms with van der Waals surface area (Å²) in [6.45, 7) is 5.45. The van der Waals surface area contributed by atoms with Crippen molar-refractivity contribution in [3.05, 3.63) is 0 Å². The van der Waals surface area contributed by atoms with Gasteiger partial charge in [0.2, 0.25) is 0 Å². The van der Waals surface area contributed by atoms with E-state index < -0.39 is 0 Å². The number of hydrogen-bond donors (Lipinski definition) is 2. The highest BCUT2D eigenvalue weighted by Gasteiger charge is 2.28. The Balaban J connectivity index is 2.34. The molecule has 84 valence electrons. The number of hydrogen-bond acceptors (Lipinski definition) is 3. The zero-order chi connectivity index (χ0) is 10.4. The average Bonchev–Trinajstić information content (AvgIpc) is 2.67. The molecule has 0 aliphatic heterocycles. The van der Waals surface area contributed by atoms with Gasteiger partial charge in [0.25, 0.3) is 0 Å². The first-order valence-electron chi connectivity index (χ1n) is 5.66. The van der Waals surface area contributed by atoms with Crippen LogP contribution in [0.2, 0.25) is 0 Å². The minimum Gasteiger partial charge on any atom is -0.394 e. The van der Waals surface area contributed by atoms with Gasteiger partial charge in [-0.1, -0.05) is 12.8 Å². The molecule has 0 saturated heterocycles. The molecule has 1 saturated carbocycles. The summed E-state index contributed by atoms with van der Waals surface area (Å²) in [6.07, 6.45) is 5.10. The number of nitrogens with one attached hydrogen (secondary N) is 1. The fourth-order valence-corrected chi connectivity index (χ4v) is 2.02. The molecular formula is C11H23NO2. The molecule has 0 aromatic carbocycles. The van der Waals surface area contributed by atoms with E-state index in [1.54, 1.807) is 0 Å². The second-order valence-corrected chi connectivity index (χ2v) is 4.48. The lowest BCUT2D eigenvalue weighted by molar-refractivity contribution is 0.0444. The Morgan fingerprint density at radius 3 is 2.57 bits per heavy atom. The van der Waals surface area contributed by atoms with Crippen molar-refractivity contribution in [3.8, 4) is 0 Å². The Kier molecular flexibility index (Phi) is 4.85. The van der Waals surface area contributed by atoms with Crippen molar-refractivity contribution < 1.29 is 9.84 Å². The van der Waals surface area contributed by atoms with Crippen molar-refractivity contribution in [1.29, 1.82) is 0 Å². The topological polar surface area (TPSA) is 41.5 Å². The van der Waals surface area contributed by atoms with Gasteiger partial charge in [-0.15, -0.1) is 0 Å².